The summed E-state index contributed by atoms with van der Waals surface area (Å²) in [5.74, 6) is -1.70. The number of nitrogens with one attached hydrogen (secondary N) is 2. The van der Waals surface area contributed by atoms with E-state index in [0.29, 0.717) is 13.0 Å². The van der Waals surface area contributed by atoms with Gasteiger partial charge in [-0.25, -0.2) is 9.59 Å². The van der Waals surface area contributed by atoms with Crippen molar-refractivity contribution in [3.8, 4) is 11.1 Å². The first kappa shape index (κ1) is 21.8. The fourth-order valence-electron chi connectivity index (χ4n) is 4.24. The molecule has 168 valence electrons. The number of carboxylic acids is 1. The second-order valence-electron chi connectivity index (χ2n) is 8.24. The fraction of sp³-hybridized carbons (Fsp3) is 0.375. The second kappa shape index (κ2) is 9.40. The lowest BCUT2D eigenvalue weighted by Gasteiger charge is -2.14. The number of benzene rings is 2. The minimum absolute atomic E-state index is 0.00578. The zero-order valence-electron chi connectivity index (χ0n) is 17.5. The van der Waals surface area contributed by atoms with Gasteiger partial charge in [-0.15, -0.1) is 0 Å². The highest BCUT2D eigenvalue weighted by molar-refractivity contribution is 5.82. The number of ether oxygens (including phenoxy) is 1. The van der Waals surface area contributed by atoms with Crippen molar-refractivity contribution in [2.24, 2.45) is 11.8 Å². The van der Waals surface area contributed by atoms with Crippen LogP contribution in [0.1, 0.15) is 29.9 Å². The average Bonchev–Trinajstić information content (AvgIpc) is 3.51. The first-order valence-electron chi connectivity index (χ1n) is 10.7. The number of rotatable bonds is 9. The van der Waals surface area contributed by atoms with Crippen LogP contribution in [0.5, 0.6) is 0 Å². The summed E-state index contributed by atoms with van der Waals surface area (Å²) in [5.41, 5.74) is 4.63. The highest BCUT2D eigenvalue weighted by Crippen LogP contribution is 2.44. The molecule has 2 unspecified atom stereocenters. The van der Waals surface area contributed by atoms with Crippen molar-refractivity contribution in [1.29, 1.82) is 0 Å². The highest BCUT2D eigenvalue weighted by Gasteiger charge is 2.42. The monoisotopic (exact) mass is 438 g/mol. The minimum atomic E-state index is -1.49. The third-order valence-electron chi connectivity index (χ3n) is 6.11. The first-order valence-corrected chi connectivity index (χ1v) is 10.7. The van der Waals surface area contributed by atoms with Crippen LogP contribution in [-0.2, 0) is 14.3 Å². The van der Waals surface area contributed by atoms with E-state index in [1.54, 1.807) is 0 Å². The Bertz CT molecular complexity index is 978. The van der Waals surface area contributed by atoms with Crippen molar-refractivity contribution < 1.29 is 29.3 Å². The largest absolute Gasteiger partial charge is 0.479 e. The van der Waals surface area contributed by atoms with E-state index in [2.05, 4.69) is 34.9 Å². The standard InChI is InChI=1S/C24H26N2O6/c27-21(23(29)30)9-10-25-22(28)19-11-14(19)12-26-24(31)32-13-20-17-7-3-1-5-15(17)16-6-2-4-8-18(16)20/h1-8,14,19-21,27H,9-13H2,(H,25,28)(H,26,31)(H,29,30)/t14?,19?,21-/m0/s1. The van der Waals surface area contributed by atoms with Crippen LogP contribution in [0, 0.1) is 11.8 Å². The average molecular weight is 438 g/mol. The number of aliphatic hydroxyl groups is 1. The molecule has 8 nitrogen and oxygen atoms in total. The van der Waals surface area contributed by atoms with Gasteiger partial charge in [-0.3, -0.25) is 4.79 Å². The number of alkyl carbamates (subject to hydrolysis) is 1. The summed E-state index contributed by atoms with van der Waals surface area (Å²) in [4.78, 5) is 34.9. The van der Waals surface area contributed by atoms with Gasteiger partial charge in [0.1, 0.15) is 6.61 Å². The molecule has 1 fully saturated rings. The van der Waals surface area contributed by atoms with Crippen LogP contribution in [0.15, 0.2) is 48.5 Å². The molecule has 2 aliphatic rings. The third kappa shape index (κ3) is 4.75. The van der Waals surface area contributed by atoms with Crippen LogP contribution >= 0.6 is 0 Å². The SMILES string of the molecule is O=C(NCC1CC1C(=O)NCC[C@H](O)C(=O)O)OCC1c2ccccc2-c2ccccc21. The zero-order chi connectivity index (χ0) is 22.7. The van der Waals surface area contributed by atoms with Gasteiger partial charge in [-0.05, 0) is 34.6 Å². The molecule has 0 aromatic heterocycles. The Balaban J connectivity index is 1.20. The molecule has 2 aromatic carbocycles. The Morgan fingerprint density at radius 3 is 2.25 bits per heavy atom. The van der Waals surface area contributed by atoms with Gasteiger partial charge in [0, 0.05) is 31.3 Å². The molecule has 3 atom stereocenters. The number of carboxylic acid groups (broad SMARTS) is 1. The molecule has 2 aromatic rings. The molecular weight excluding hydrogens is 412 g/mol. The van der Waals surface area contributed by atoms with Crippen molar-refractivity contribution in [3.63, 3.8) is 0 Å². The molecule has 0 spiro atoms. The minimum Gasteiger partial charge on any atom is -0.479 e. The summed E-state index contributed by atoms with van der Waals surface area (Å²) in [6.07, 6.45) is -1.39. The Morgan fingerprint density at radius 1 is 1.00 bits per heavy atom. The predicted molar refractivity (Wildman–Crippen MR) is 116 cm³/mol. The van der Waals surface area contributed by atoms with Crippen LogP contribution in [0.25, 0.3) is 11.1 Å². The lowest BCUT2D eigenvalue weighted by molar-refractivity contribution is -0.147. The molecule has 32 heavy (non-hydrogen) atoms. The van der Waals surface area contributed by atoms with E-state index in [4.69, 9.17) is 9.84 Å². The molecular formula is C24H26N2O6. The Labute approximate surface area is 185 Å². The van der Waals surface area contributed by atoms with Crippen LogP contribution in [-0.4, -0.2) is 54.0 Å². The van der Waals surface area contributed by atoms with E-state index < -0.39 is 18.2 Å². The van der Waals surface area contributed by atoms with Gasteiger partial charge in [0.15, 0.2) is 6.10 Å². The van der Waals surface area contributed by atoms with E-state index in [9.17, 15) is 19.5 Å². The number of carbonyl (C=O) groups excluding carboxylic acids is 2. The van der Waals surface area contributed by atoms with Crippen LogP contribution in [0.3, 0.4) is 0 Å². The molecule has 0 saturated heterocycles. The maximum absolute atomic E-state index is 12.2. The quantitative estimate of drug-likeness (QED) is 0.475. The van der Waals surface area contributed by atoms with Gasteiger partial charge < -0.3 is 25.6 Å². The molecule has 1 saturated carbocycles. The van der Waals surface area contributed by atoms with Crippen molar-refractivity contribution in [2.75, 3.05) is 19.7 Å². The fourth-order valence-corrected chi connectivity index (χ4v) is 4.24. The van der Waals surface area contributed by atoms with Crippen molar-refractivity contribution in [1.82, 2.24) is 10.6 Å². The number of aliphatic carboxylic acids is 1. The first-order chi connectivity index (χ1) is 15.5. The van der Waals surface area contributed by atoms with Crippen molar-refractivity contribution >= 4 is 18.0 Å². The van der Waals surface area contributed by atoms with Crippen LogP contribution in [0.2, 0.25) is 0 Å². The van der Waals surface area contributed by atoms with Crippen molar-refractivity contribution in [3.05, 3.63) is 59.7 Å². The maximum atomic E-state index is 12.2. The number of carbonyl (C=O) groups is 3. The Hall–Kier alpha value is -3.39. The van der Waals surface area contributed by atoms with Gasteiger partial charge in [0.25, 0.3) is 0 Å². The number of amides is 2. The summed E-state index contributed by atoms with van der Waals surface area (Å²) >= 11 is 0. The summed E-state index contributed by atoms with van der Waals surface area (Å²) < 4.78 is 5.49. The molecule has 2 amide bonds. The normalized spacial score (nSPS) is 19.4. The predicted octanol–water partition coefficient (Wildman–Crippen LogP) is 2.11. The van der Waals surface area contributed by atoms with Gasteiger partial charge in [0.05, 0.1) is 0 Å². The summed E-state index contributed by atoms with van der Waals surface area (Å²) in [7, 11) is 0. The van der Waals surface area contributed by atoms with Crippen LogP contribution < -0.4 is 10.6 Å². The Kier molecular flexibility index (Phi) is 6.41. The molecule has 0 heterocycles. The third-order valence-corrected chi connectivity index (χ3v) is 6.11. The maximum Gasteiger partial charge on any atom is 0.407 e. The highest BCUT2D eigenvalue weighted by atomic mass is 16.5. The van der Waals surface area contributed by atoms with Gasteiger partial charge in [-0.1, -0.05) is 48.5 Å². The van der Waals surface area contributed by atoms with Gasteiger partial charge in [0.2, 0.25) is 5.91 Å². The molecule has 0 aliphatic heterocycles. The number of fused-ring (bicyclic) bond motifs is 3. The van der Waals surface area contributed by atoms with E-state index in [1.807, 2.05) is 24.3 Å². The van der Waals surface area contributed by atoms with E-state index in [1.165, 1.54) is 11.1 Å². The summed E-state index contributed by atoms with van der Waals surface area (Å²) in [6, 6.07) is 16.2. The van der Waals surface area contributed by atoms with Crippen molar-refractivity contribution in [2.45, 2.75) is 24.9 Å². The lowest BCUT2D eigenvalue weighted by atomic mass is 9.98. The summed E-state index contributed by atoms with van der Waals surface area (Å²) in [6.45, 7) is 0.669. The second-order valence-corrected chi connectivity index (χ2v) is 8.24. The molecule has 0 bridgehead atoms. The molecule has 0 radical (unpaired) electrons. The number of hydrogen-bond acceptors (Lipinski definition) is 5. The molecule has 4 rings (SSSR count). The van der Waals surface area contributed by atoms with E-state index in [0.717, 1.165) is 11.1 Å². The summed E-state index contributed by atoms with van der Waals surface area (Å²) in [5, 5.41) is 23.2. The van der Waals surface area contributed by atoms with Gasteiger partial charge in [-0.2, -0.15) is 0 Å². The molecule has 4 N–H and O–H groups in total. The topological polar surface area (TPSA) is 125 Å². The lowest BCUT2D eigenvalue weighted by Crippen LogP contribution is -2.32. The Morgan fingerprint density at radius 2 is 1.62 bits per heavy atom. The number of aliphatic hydroxyl groups excluding tert-OH is 1. The smallest absolute Gasteiger partial charge is 0.407 e. The van der Waals surface area contributed by atoms with Crippen LogP contribution in [0.4, 0.5) is 4.79 Å². The molecule has 8 heteroatoms. The van der Waals surface area contributed by atoms with E-state index in [-0.39, 0.29) is 43.2 Å². The zero-order valence-corrected chi connectivity index (χ0v) is 17.5. The van der Waals surface area contributed by atoms with E-state index >= 15 is 0 Å². The molecule has 2 aliphatic carbocycles. The van der Waals surface area contributed by atoms with Gasteiger partial charge >= 0.3 is 12.1 Å². The number of hydrogen-bond donors (Lipinski definition) is 4.